The topological polar surface area (TPSA) is 26.7 Å². The summed E-state index contributed by atoms with van der Waals surface area (Å²) in [5.41, 5.74) is 4.55. The number of hydrogen-bond acceptors (Lipinski definition) is 3. The molecule has 0 spiro atoms. The number of nitrogens with zero attached hydrogens (tertiary/aromatic N) is 2. The van der Waals surface area contributed by atoms with Crippen LogP contribution in [0.4, 0.5) is 5.69 Å². The van der Waals surface area contributed by atoms with Gasteiger partial charge >= 0.3 is 0 Å². The Labute approximate surface area is 122 Å². The van der Waals surface area contributed by atoms with Gasteiger partial charge in [0.05, 0.1) is 6.61 Å². The molecule has 2 aliphatic rings. The highest BCUT2D eigenvalue weighted by Gasteiger charge is 2.18. The molecular weight excluding hydrogens is 248 g/mol. The smallest absolute Gasteiger partial charge is 0.0558 e. The molecular formula is C17H26N2O. The van der Waals surface area contributed by atoms with Crippen molar-refractivity contribution in [3.8, 4) is 0 Å². The first-order valence-corrected chi connectivity index (χ1v) is 8.07. The van der Waals surface area contributed by atoms with Crippen LogP contribution in [-0.2, 0) is 12.8 Å². The second-order valence-corrected chi connectivity index (χ2v) is 6.07. The van der Waals surface area contributed by atoms with Crippen LogP contribution in [0.25, 0.3) is 0 Å². The van der Waals surface area contributed by atoms with Gasteiger partial charge in [-0.1, -0.05) is 12.5 Å². The average Bonchev–Trinajstić information content (AvgIpc) is 2.73. The van der Waals surface area contributed by atoms with Crippen molar-refractivity contribution >= 4 is 5.69 Å². The second kappa shape index (κ2) is 6.59. The number of rotatable bonds is 3. The van der Waals surface area contributed by atoms with Crippen molar-refractivity contribution in [1.29, 1.82) is 0 Å². The Morgan fingerprint density at radius 2 is 1.65 bits per heavy atom. The number of aliphatic hydroxyl groups is 1. The molecule has 20 heavy (non-hydrogen) atoms. The van der Waals surface area contributed by atoms with Crippen molar-refractivity contribution in [3.63, 3.8) is 0 Å². The third-order valence-corrected chi connectivity index (χ3v) is 4.74. The lowest BCUT2D eigenvalue weighted by atomic mass is 10.0. The molecule has 1 N–H and O–H groups in total. The van der Waals surface area contributed by atoms with Crippen LogP contribution in [0.3, 0.4) is 0 Å². The molecule has 0 aromatic heterocycles. The second-order valence-electron chi connectivity index (χ2n) is 6.07. The quantitative estimate of drug-likeness (QED) is 0.855. The van der Waals surface area contributed by atoms with Crippen LogP contribution < -0.4 is 4.90 Å². The highest BCUT2D eigenvalue weighted by Crippen LogP contribution is 2.26. The van der Waals surface area contributed by atoms with E-state index in [0.29, 0.717) is 0 Å². The summed E-state index contributed by atoms with van der Waals surface area (Å²) in [6.45, 7) is 5.39. The van der Waals surface area contributed by atoms with Gasteiger partial charge in [-0.25, -0.2) is 0 Å². The van der Waals surface area contributed by atoms with Gasteiger partial charge in [-0.05, 0) is 48.9 Å². The third-order valence-electron chi connectivity index (χ3n) is 4.74. The van der Waals surface area contributed by atoms with E-state index in [0.717, 1.165) is 32.7 Å². The Balaban J connectivity index is 1.67. The van der Waals surface area contributed by atoms with E-state index < -0.39 is 0 Å². The SMILES string of the molecule is OCCN1CCN(c2ccc3c(c2)CCCCC3)CC1. The van der Waals surface area contributed by atoms with E-state index in [4.69, 9.17) is 5.11 Å². The molecule has 0 radical (unpaired) electrons. The summed E-state index contributed by atoms with van der Waals surface area (Å²) in [6, 6.07) is 7.10. The van der Waals surface area contributed by atoms with Crippen LogP contribution in [-0.4, -0.2) is 49.3 Å². The fourth-order valence-electron chi connectivity index (χ4n) is 3.46. The monoisotopic (exact) mass is 274 g/mol. The molecule has 110 valence electrons. The van der Waals surface area contributed by atoms with Crippen LogP contribution >= 0.6 is 0 Å². The Bertz CT molecular complexity index is 439. The lowest BCUT2D eigenvalue weighted by Gasteiger charge is -2.36. The summed E-state index contributed by atoms with van der Waals surface area (Å²) in [5.74, 6) is 0. The summed E-state index contributed by atoms with van der Waals surface area (Å²) < 4.78 is 0. The van der Waals surface area contributed by atoms with Crippen molar-refractivity contribution in [2.75, 3.05) is 44.2 Å². The Morgan fingerprint density at radius 3 is 2.40 bits per heavy atom. The first kappa shape index (κ1) is 13.9. The zero-order valence-corrected chi connectivity index (χ0v) is 12.4. The molecule has 3 heteroatoms. The maximum atomic E-state index is 9.01. The van der Waals surface area contributed by atoms with E-state index in [-0.39, 0.29) is 6.61 Å². The number of aliphatic hydroxyl groups excluding tert-OH is 1. The molecule has 0 bridgehead atoms. The first-order chi connectivity index (χ1) is 9.86. The predicted molar refractivity (Wildman–Crippen MR) is 83.4 cm³/mol. The summed E-state index contributed by atoms with van der Waals surface area (Å²) in [5, 5.41) is 9.01. The van der Waals surface area contributed by atoms with Crippen LogP contribution in [0.15, 0.2) is 18.2 Å². The van der Waals surface area contributed by atoms with Crippen molar-refractivity contribution in [3.05, 3.63) is 29.3 Å². The largest absolute Gasteiger partial charge is 0.395 e. The zero-order chi connectivity index (χ0) is 13.8. The van der Waals surface area contributed by atoms with Crippen molar-refractivity contribution in [2.45, 2.75) is 32.1 Å². The molecule has 1 aliphatic carbocycles. The fraction of sp³-hybridized carbons (Fsp3) is 0.647. The standard InChI is InChI=1S/C17H26N2O/c20-13-12-18-8-10-19(11-9-18)17-7-6-15-4-2-1-3-5-16(15)14-17/h6-7,14,20H,1-5,8-13H2. The molecule has 3 nitrogen and oxygen atoms in total. The van der Waals surface area contributed by atoms with E-state index in [9.17, 15) is 0 Å². The van der Waals surface area contributed by atoms with E-state index >= 15 is 0 Å². The summed E-state index contributed by atoms with van der Waals surface area (Å²) in [7, 11) is 0. The third kappa shape index (κ3) is 3.15. The highest BCUT2D eigenvalue weighted by molar-refractivity contribution is 5.52. The Kier molecular flexibility index (Phi) is 4.58. The van der Waals surface area contributed by atoms with Gasteiger partial charge in [0.25, 0.3) is 0 Å². The van der Waals surface area contributed by atoms with Crippen molar-refractivity contribution in [2.24, 2.45) is 0 Å². The highest BCUT2D eigenvalue weighted by atomic mass is 16.3. The van der Waals surface area contributed by atoms with Crippen LogP contribution in [0, 0.1) is 0 Å². The number of benzene rings is 1. The van der Waals surface area contributed by atoms with Crippen LogP contribution in [0.5, 0.6) is 0 Å². The normalized spacial score (nSPS) is 20.6. The molecule has 1 aromatic carbocycles. The minimum Gasteiger partial charge on any atom is -0.395 e. The lowest BCUT2D eigenvalue weighted by molar-refractivity contribution is 0.189. The molecule has 1 aromatic rings. The number of hydrogen-bond donors (Lipinski definition) is 1. The van der Waals surface area contributed by atoms with Gasteiger partial charge in [-0.3, -0.25) is 4.90 Å². The molecule has 1 aliphatic heterocycles. The number of aryl methyl sites for hydroxylation is 2. The Morgan fingerprint density at radius 1 is 0.900 bits per heavy atom. The van der Waals surface area contributed by atoms with Gasteiger partial charge in [0.15, 0.2) is 0 Å². The number of anilines is 1. The zero-order valence-electron chi connectivity index (χ0n) is 12.4. The minimum atomic E-state index is 0.277. The predicted octanol–water partition coefficient (Wildman–Crippen LogP) is 2.07. The molecule has 0 unspecified atom stereocenters. The summed E-state index contributed by atoms with van der Waals surface area (Å²) in [4.78, 5) is 4.85. The molecule has 0 amide bonds. The van der Waals surface area contributed by atoms with E-state index in [1.165, 1.54) is 37.8 Å². The van der Waals surface area contributed by atoms with E-state index in [1.807, 2.05) is 0 Å². The molecule has 0 atom stereocenters. The number of piperazine rings is 1. The lowest BCUT2D eigenvalue weighted by Crippen LogP contribution is -2.47. The average molecular weight is 274 g/mol. The number of β-amino-alcohol motifs (C(OH)–C–C–N with tert-alkyl or cyclic N) is 1. The Hall–Kier alpha value is -1.06. The number of fused-ring (bicyclic) bond motifs is 1. The van der Waals surface area contributed by atoms with Gasteiger partial charge in [0.1, 0.15) is 0 Å². The van der Waals surface area contributed by atoms with Crippen LogP contribution in [0.2, 0.25) is 0 Å². The van der Waals surface area contributed by atoms with Crippen molar-refractivity contribution < 1.29 is 5.11 Å². The minimum absolute atomic E-state index is 0.277. The summed E-state index contributed by atoms with van der Waals surface area (Å²) in [6.07, 6.45) is 6.60. The summed E-state index contributed by atoms with van der Waals surface area (Å²) >= 11 is 0. The molecule has 0 saturated carbocycles. The van der Waals surface area contributed by atoms with E-state index in [2.05, 4.69) is 28.0 Å². The van der Waals surface area contributed by atoms with Crippen LogP contribution in [0.1, 0.15) is 30.4 Å². The van der Waals surface area contributed by atoms with Gasteiger partial charge in [0, 0.05) is 38.4 Å². The van der Waals surface area contributed by atoms with Gasteiger partial charge in [0.2, 0.25) is 0 Å². The maximum absolute atomic E-state index is 9.01. The molecule has 1 saturated heterocycles. The van der Waals surface area contributed by atoms with Gasteiger partial charge in [-0.2, -0.15) is 0 Å². The van der Waals surface area contributed by atoms with Gasteiger partial charge in [-0.15, -0.1) is 0 Å². The molecule has 1 heterocycles. The fourth-order valence-corrected chi connectivity index (χ4v) is 3.46. The van der Waals surface area contributed by atoms with Crippen molar-refractivity contribution in [1.82, 2.24) is 4.90 Å². The maximum Gasteiger partial charge on any atom is 0.0558 e. The first-order valence-electron chi connectivity index (χ1n) is 8.07. The van der Waals surface area contributed by atoms with E-state index in [1.54, 1.807) is 11.1 Å². The molecule has 1 fully saturated rings. The molecule has 3 rings (SSSR count). The van der Waals surface area contributed by atoms with Gasteiger partial charge < -0.3 is 10.0 Å².